The Kier molecular flexibility index (Phi) is 10.5. The average molecular weight is 555 g/mol. The van der Waals surface area contributed by atoms with Gasteiger partial charge in [0.15, 0.2) is 11.9 Å². The molecule has 1 heterocycles. The monoisotopic (exact) mass is 554 g/mol. The van der Waals surface area contributed by atoms with E-state index in [0.717, 1.165) is 16.7 Å². The number of rotatable bonds is 13. The van der Waals surface area contributed by atoms with Crippen LogP contribution in [0.25, 0.3) is 0 Å². The highest BCUT2D eigenvalue weighted by atomic mass is 19.3. The van der Waals surface area contributed by atoms with Crippen LogP contribution in [0.2, 0.25) is 0 Å². The Morgan fingerprint density at radius 1 is 0.800 bits per heavy atom. The van der Waals surface area contributed by atoms with Crippen LogP contribution in [0.1, 0.15) is 23.6 Å². The normalized spacial score (nSPS) is 21.2. The summed E-state index contributed by atoms with van der Waals surface area (Å²) in [6.07, 6.45) is -6.15. The van der Waals surface area contributed by atoms with Crippen molar-refractivity contribution in [2.75, 3.05) is 13.2 Å². The number of halogens is 2. The van der Waals surface area contributed by atoms with Gasteiger partial charge in [0, 0.05) is 0 Å². The average Bonchev–Trinajstić information content (AvgIpc) is 2.98. The SMILES string of the molecule is CCOC(=O)C(F)(F)[C@H]1O[C@H](COCc2ccccc2)[C@H](OCc2ccccc2)[C@H](OCc2ccccc2)C1=O. The molecular weight excluding hydrogens is 522 g/mol. The second-order valence-corrected chi connectivity index (χ2v) is 9.28. The van der Waals surface area contributed by atoms with E-state index in [4.69, 9.17) is 18.9 Å². The van der Waals surface area contributed by atoms with E-state index in [9.17, 15) is 9.59 Å². The lowest BCUT2D eigenvalue weighted by atomic mass is 9.92. The molecule has 7 nitrogen and oxygen atoms in total. The Balaban J connectivity index is 1.61. The van der Waals surface area contributed by atoms with E-state index in [1.54, 1.807) is 24.3 Å². The summed E-state index contributed by atoms with van der Waals surface area (Å²) in [6, 6.07) is 27.5. The number of carbonyl (C=O) groups is 2. The minimum atomic E-state index is -4.25. The molecule has 0 aliphatic carbocycles. The van der Waals surface area contributed by atoms with Crippen molar-refractivity contribution in [3.8, 4) is 0 Å². The fourth-order valence-corrected chi connectivity index (χ4v) is 4.32. The largest absolute Gasteiger partial charge is 0.461 e. The summed E-state index contributed by atoms with van der Waals surface area (Å²) >= 11 is 0. The van der Waals surface area contributed by atoms with Gasteiger partial charge in [-0.3, -0.25) is 4.79 Å². The minimum Gasteiger partial charge on any atom is -0.461 e. The third-order valence-corrected chi connectivity index (χ3v) is 6.34. The number of ketones is 1. The molecule has 3 aromatic rings. The lowest BCUT2D eigenvalue weighted by Gasteiger charge is -2.41. The number of carbonyl (C=O) groups excluding carboxylic acids is 2. The third kappa shape index (κ3) is 7.57. The highest BCUT2D eigenvalue weighted by molar-refractivity contribution is 5.95. The highest BCUT2D eigenvalue weighted by Gasteiger charge is 2.60. The van der Waals surface area contributed by atoms with E-state index in [1.807, 2.05) is 66.7 Å². The molecule has 212 valence electrons. The third-order valence-electron chi connectivity index (χ3n) is 6.34. The van der Waals surface area contributed by atoms with Crippen LogP contribution >= 0.6 is 0 Å². The quantitative estimate of drug-likeness (QED) is 0.278. The standard InChI is InChI=1S/C31H32F2O7/c1-2-37-30(35)31(32,33)29-26(34)28(39-20-24-16-10-5-11-17-24)27(38-19-23-14-8-4-9-15-23)25(40-29)21-36-18-22-12-6-3-7-13-22/h3-17,25,27-29H,2,18-21H2,1H3/t25-,27+,28-,29+/m1/s1. The van der Waals surface area contributed by atoms with Gasteiger partial charge in [-0.25, -0.2) is 4.79 Å². The van der Waals surface area contributed by atoms with Gasteiger partial charge >= 0.3 is 11.9 Å². The molecule has 9 heteroatoms. The summed E-state index contributed by atoms with van der Waals surface area (Å²) in [5, 5.41) is 0. The van der Waals surface area contributed by atoms with Crippen LogP contribution in [0.3, 0.4) is 0 Å². The summed E-state index contributed by atoms with van der Waals surface area (Å²) < 4.78 is 58.6. The van der Waals surface area contributed by atoms with Crippen LogP contribution in [0, 0.1) is 0 Å². The lowest BCUT2D eigenvalue weighted by molar-refractivity contribution is -0.248. The van der Waals surface area contributed by atoms with Crippen molar-refractivity contribution in [3.05, 3.63) is 108 Å². The smallest absolute Gasteiger partial charge is 0.380 e. The number of Topliss-reactive ketones (excluding diaryl/α,β-unsaturated/α-hetero) is 1. The van der Waals surface area contributed by atoms with Crippen molar-refractivity contribution in [1.82, 2.24) is 0 Å². The molecule has 1 aliphatic heterocycles. The van der Waals surface area contributed by atoms with Crippen LogP contribution < -0.4 is 0 Å². The van der Waals surface area contributed by atoms with Crippen LogP contribution in [0.15, 0.2) is 91.0 Å². The van der Waals surface area contributed by atoms with Gasteiger partial charge in [0.2, 0.25) is 0 Å². The summed E-state index contributed by atoms with van der Waals surface area (Å²) in [5.41, 5.74) is 2.40. The Hall–Kier alpha value is -3.50. The molecule has 0 unspecified atom stereocenters. The molecule has 0 spiro atoms. The number of esters is 1. The van der Waals surface area contributed by atoms with Gasteiger partial charge in [-0.15, -0.1) is 0 Å². The van der Waals surface area contributed by atoms with E-state index in [2.05, 4.69) is 4.74 Å². The van der Waals surface area contributed by atoms with Crippen LogP contribution in [-0.2, 0) is 53.1 Å². The van der Waals surface area contributed by atoms with Crippen molar-refractivity contribution in [3.63, 3.8) is 0 Å². The van der Waals surface area contributed by atoms with Gasteiger partial charge < -0.3 is 23.7 Å². The maximum Gasteiger partial charge on any atom is 0.380 e. The van der Waals surface area contributed by atoms with Gasteiger partial charge in [0.1, 0.15) is 18.3 Å². The molecule has 4 rings (SSSR count). The molecule has 0 N–H and O–H groups in total. The number of ether oxygens (including phenoxy) is 5. The first-order valence-electron chi connectivity index (χ1n) is 13.1. The number of hydrogen-bond acceptors (Lipinski definition) is 7. The van der Waals surface area contributed by atoms with E-state index in [0.29, 0.717) is 0 Å². The van der Waals surface area contributed by atoms with Crippen molar-refractivity contribution in [2.45, 2.75) is 57.1 Å². The molecule has 0 amide bonds. The summed E-state index contributed by atoms with van der Waals surface area (Å²) in [4.78, 5) is 25.7. The predicted molar refractivity (Wildman–Crippen MR) is 141 cm³/mol. The molecule has 3 aromatic carbocycles. The van der Waals surface area contributed by atoms with E-state index >= 15 is 8.78 Å². The van der Waals surface area contributed by atoms with E-state index in [-0.39, 0.29) is 33.0 Å². The topological polar surface area (TPSA) is 80.3 Å². The molecule has 0 radical (unpaired) electrons. The maximum absolute atomic E-state index is 15.3. The van der Waals surface area contributed by atoms with Crippen molar-refractivity contribution in [2.24, 2.45) is 0 Å². The van der Waals surface area contributed by atoms with Gasteiger partial charge in [-0.1, -0.05) is 91.0 Å². The van der Waals surface area contributed by atoms with Crippen molar-refractivity contribution >= 4 is 11.8 Å². The van der Waals surface area contributed by atoms with Gasteiger partial charge in [-0.2, -0.15) is 8.78 Å². The van der Waals surface area contributed by atoms with Gasteiger partial charge in [0.25, 0.3) is 0 Å². The number of alkyl halides is 2. The Labute approximate surface area is 232 Å². The van der Waals surface area contributed by atoms with Gasteiger partial charge in [-0.05, 0) is 23.6 Å². The van der Waals surface area contributed by atoms with Crippen molar-refractivity contribution in [1.29, 1.82) is 0 Å². The Bertz CT molecular complexity index is 1210. The minimum absolute atomic E-state index is 0.0439. The molecule has 4 atom stereocenters. The predicted octanol–water partition coefficient (Wildman–Crippen LogP) is 4.91. The fraction of sp³-hybridized carbons (Fsp3) is 0.355. The summed E-state index contributed by atoms with van der Waals surface area (Å²) in [6.45, 7) is 1.13. The fourth-order valence-electron chi connectivity index (χ4n) is 4.32. The van der Waals surface area contributed by atoms with Crippen LogP contribution in [0.5, 0.6) is 0 Å². The Morgan fingerprint density at radius 2 is 1.30 bits per heavy atom. The molecule has 0 aromatic heterocycles. The zero-order valence-corrected chi connectivity index (χ0v) is 22.1. The zero-order chi connectivity index (χ0) is 28.4. The maximum atomic E-state index is 15.3. The molecule has 1 saturated heterocycles. The van der Waals surface area contributed by atoms with Crippen LogP contribution in [-0.4, -0.2) is 55.3 Å². The molecule has 40 heavy (non-hydrogen) atoms. The highest BCUT2D eigenvalue weighted by Crippen LogP contribution is 2.34. The number of hydrogen-bond donors (Lipinski definition) is 0. The molecule has 0 bridgehead atoms. The molecule has 1 fully saturated rings. The van der Waals surface area contributed by atoms with Crippen molar-refractivity contribution < 1.29 is 42.1 Å². The summed E-state index contributed by atoms with van der Waals surface area (Å²) in [7, 11) is 0. The second kappa shape index (κ2) is 14.2. The first-order chi connectivity index (χ1) is 19.4. The second-order valence-electron chi connectivity index (χ2n) is 9.28. The first-order valence-corrected chi connectivity index (χ1v) is 13.1. The Morgan fingerprint density at radius 3 is 1.82 bits per heavy atom. The molecule has 1 aliphatic rings. The summed E-state index contributed by atoms with van der Waals surface area (Å²) in [5.74, 6) is -7.20. The zero-order valence-electron chi connectivity index (χ0n) is 22.1. The molecular formula is C31H32F2O7. The van der Waals surface area contributed by atoms with E-state index < -0.39 is 42.1 Å². The lowest BCUT2D eigenvalue weighted by Crippen LogP contribution is -2.64. The van der Waals surface area contributed by atoms with Gasteiger partial charge in [0.05, 0.1) is 33.0 Å². The van der Waals surface area contributed by atoms with E-state index in [1.165, 1.54) is 6.92 Å². The first kappa shape index (κ1) is 29.5. The number of benzene rings is 3. The molecule has 0 saturated carbocycles. The van der Waals surface area contributed by atoms with Crippen LogP contribution in [0.4, 0.5) is 8.78 Å².